The molecular formula is C12H16FN. The van der Waals surface area contributed by atoms with Crippen LogP contribution in [0.15, 0.2) is 24.3 Å². The van der Waals surface area contributed by atoms with Crippen LogP contribution in [0.4, 0.5) is 4.39 Å². The van der Waals surface area contributed by atoms with Crippen LogP contribution in [0.5, 0.6) is 0 Å². The number of hydrogen-bond donors (Lipinski definition) is 1. The van der Waals surface area contributed by atoms with Gasteiger partial charge < -0.3 is 5.73 Å². The predicted molar refractivity (Wildman–Crippen MR) is 55.5 cm³/mol. The van der Waals surface area contributed by atoms with Gasteiger partial charge in [-0.2, -0.15) is 0 Å². The molecular weight excluding hydrogens is 177 g/mol. The minimum absolute atomic E-state index is 0.105. The van der Waals surface area contributed by atoms with Gasteiger partial charge in [-0.15, -0.1) is 0 Å². The van der Waals surface area contributed by atoms with Crippen molar-refractivity contribution in [2.45, 2.75) is 31.7 Å². The molecule has 76 valence electrons. The first-order valence-corrected chi connectivity index (χ1v) is 5.09. The lowest BCUT2D eigenvalue weighted by molar-refractivity contribution is 0.465. The van der Waals surface area contributed by atoms with Crippen molar-refractivity contribution in [2.75, 3.05) is 0 Å². The average molecular weight is 193 g/mol. The lowest BCUT2D eigenvalue weighted by Gasteiger charge is -2.21. The molecule has 1 aromatic carbocycles. The molecule has 1 aromatic rings. The Morgan fingerprint density at radius 3 is 2.21 bits per heavy atom. The summed E-state index contributed by atoms with van der Waals surface area (Å²) in [6.07, 6.45) is 1.02. The lowest BCUT2D eigenvalue weighted by Crippen LogP contribution is -2.24. The number of hydrogen-bond acceptors (Lipinski definition) is 1. The molecule has 2 heteroatoms. The van der Waals surface area contributed by atoms with E-state index in [-0.39, 0.29) is 17.3 Å². The third-order valence-corrected chi connectivity index (χ3v) is 3.47. The molecule has 0 heterocycles. The van der Waals surface area contributed by atoms with Gasteiger partial charge in [0, 0.05) is 11.5 Å². The van der Waals surface area contributed by atoms with Gasteiger partial charge in [0.1, 0.15) is 5.82 Å². The molecule has 0 spiro atoms. The average Bonchev–Trinajstić information content (AvgIpc) is 2.80. The minimum atomic E-state index is -0.179. The van der Waals surface area contributed by atoms with Crippen molar-refractivity contribution in [1.82, 2.24) is 0 Å². The molecule has 0 bridgehead atoms. The Labute approximate surface area is 84.1 Å². The summed E-state index contributed by atoms with van der Waals surface area (Å²) in [4.78, 5) is 0. The normalized spacial score (nSPS) is 30.8. The molecule has 2 atom stereocenters. The SMILES string of the molecule is CC(C)C1(c2ccc(F)cc2)C[C@H]1N. The molecule has 2 rings (SSSR count). The van der Waals surface area contributed by atoms with E-state index in [2.05, 4.69) is 13.8 Å². The van der Waals surface area contributed by atoms with Gasteiger partial charge >= 0.3 is 0 Å². The molecule has 1 fully saturated rings. The predicted octanol–water partition coefficient (Wildman–Crippen LogP) is 2.45. The Morgan fingerprint density at radius 1 is 1.36 bits per heavy atom. The van der Waals surface area contributed by atoms with E-state index in [1.165, 1.54) is 17.7 Å². The van der Waals surface area contributed by atoms with E-state index >= 15 is 0 Å². The summed E-state index contributed by atoms with van der Waals surface area (Å²) in [5.41, 5.74) is 7.27. The van der Waals surface area contributed by atoms with Gasteiger partial charge in [0.25, 0.3) is 0 Å². The summed E-state index contributed by atoms with van der Waals surface area (Å²) < 4.78 is 12.8. The summed E-state index contributed by atoms with van der Waals surface area (Å²) in [7, 11) is 0. The highest BCUT2D eigenvalue weighted by molar-refractivity contribution is 5.36. The van der Waals surface area contributed by atoms with Crippen LogP contribution >= 0.6 is 0 Å². The highest BCUT2D eigenvalue weighted by Crippen LogP contribution is 2.52. The maximum atomic E-state index is 12.8. The monoisotopic (exact) mass is 193 g/mol. The number of benzene rings is 1. The van der Waals surface area contributed by atoms with E-state index in [9.17, 15) is 4.39 Å². The van der Waals surface area contributed by atoms with Crippen molar-refractivity contribution >= 4 is 0 Å². The van der Waals surface area contributed by atoms with Gasteiger partial charge in [0.05, 0.1) is 0 Å². The Bertz CT molecular complexity index is 331. The first-order valence-electron chi connectivity index (χ1n) is 5.09. The van der Waals surface area contributed by atoms with Crippen molar-refractivity contribution in [3.05, 3.63) is 35.6 Å². The highest BCUT2D eigenvalue weighted by atomic mass is 19.1. The third-order valence-electron chi connectivity index (χ3n) is 3.47. The lowest BCUT2D eigenvalue weighted by atomic mass is 9.84. The summed E-state index contributed by atoms with van der Waals surface area (Å²) >= 11 is 0. The smallest absolute Gasteiger partial charge is 0.123 e. The van der Waals surface area contributed by atoms with Crippen LogP contribution in [0.3, 0.4) is 0 Å². The standard InChI is InChI=1S/C12H16FN/c1-8(2)12(7-11(12)14)9-3-5-10(13)6-4-9/h3-6,8,11H,7,14H2,1-2H3/t11-,12?/m1/s1. The van der Waals surface area contributed by atoms with E-state index < -0.39 is 0 Å². The fourth-order valence-corrected chi connectivity index (χ4v) is 2.39. The van der Waals surface area contributed by atoms with Crippen molar-refractivity contribution in [3.8, 4) is 0 Å². The Hall–Kier alpha value is -0.890. The Kier molecular flexibility index (Phi) is 2.11. The van der Waals surface area contributed by atoms with Crippen LogP contribution in [0, 0.1) is 11.7 Å². The fraction of sp³-hybridized carbons (Fsp3) is 0.500. The summed E-state index contributed by atoms with van der Waals surface area (Å²) in [6, 6.07) is 7.01. The molecule has 1 aliphatic carbocycles. The molecule has 1 unspecified atom stereocenters. The Morgan fingerprint density at radius 2 is 1.86 bits per heavy atom. The number of rotatable bonds is 2. The summed E-state index contributed by atoms with van der Waals surface area (Å²) in [6.45, 7) is 4.35. The van der Waals surface area contributed by atoms with Crippen molar-refractivity contribution in [1.29, 1.82) is 0 Å². The van der Waals surface area contributed by atoms with Gasteiger partial charge in [-0.1, -0.05) is 26.0 Å². The third kappa shape index (κ3) is 1.25. The molecule has 1 aliphatic rings. The van der Waals surface area contributed by atoms with E-state index in [1.807, 2.05) is 12.1 Å². The van der Waals surface area contributed by atoms with Crippen molar-refractivity contribution in [3.63, 3.8) is 0 Å². The maximum absolute atomic E-state index is 12.8. The zero-order valence-corrected chi connectivity index (χ0v) is 8.63. The molecule has 14 heavy (non-hydrogen) atoms. The molecule has 2 N–H and O–H groups in total. The quantitative estimate of drug-likeness (QED) is 0.767. The Balaban J connectivity index is 2.34. The number of nitrogens with two attached hydrogens (primary N) is 1. The van der Waals surface area contributed by atoms with E-state index in [1.54, 1.807) is 0 Å². The van der Waals surface area contributed by atoms with Crippen LogP contribution < -0.4 is 5.73 Å². The van der Waals surface area contributed by atoms with Gasteiger partial charge in [-0.3, -0.25) is 0 Å². The molecule has 0 aromatic heterocycles. The topological polar surface area (TPSA) is 26.0 Å². The summed E-state index contributed by atoms with van der Waals surface area (Å²) in [5.74, 6) is 0.338. The second-order valence-electron chi connectivity index (χ2n) is 4.51. The highest BCUT2D eigenvalue weighted by Gasteiger charge is 2.55. The van der Waals surface area contributed by atoms with Crippen LogP contribution in [0.2, 0.25) is 0 Å². The fourth-order valence-electron chi connectivity index (χ4n) is 2.39. The summed E-state index contributed by atoms with van der Waals surface area (Å²) in [5, 5.41) is 0. The first kappa shape index (κ1) is 9.66. The maximum Gasteiger partial charge on any atom is 0.123 e. The second-order valence-corrected chi connectivity index (χ2v) is 4.51. The molecule has 0 saturated heterocycles. The minimum Gasteiger partial charge on any atom is -0.327 e. The molecule has 0 radical (unpaired) electrons. The first-order chi connectivity index (χ1) is 6.57. The van der Waals surface area contributed by atoms with E-state index in [0.717, 1.165) is 6.42 Å². The number of halogens is 1. The van der Waals surface area contributed by atoms with Gasteiger partial charge in [-0.25, -0.2) is 4.39 Å². The largest absolute Gasteiger partial charge is 0.327 e. The van der Waals surface area contributed by atoms with Crippen molar-refractivity contribution < 1.29 is 4.39 Å². The van der Waals surface area contributed by atoms with Crippen LogP contribution in [0.1, 0.15) is 25.8 Å². The van der Waals surface area contributed by atoms with Crippen LogP contribution in [-0.4, -0.2) is 6.04 Å². The molecule has 0 aliphatic heterocycles. The zero-order chi connectivity index (χ0) is 10.3. The molecule has 1 saturated carbocycles. The molecule has 1 nitrogen and oxygen atoms in total. The zero-order valence-electron chi connectivity index (χ0n) is 8.63. The second kappa shape index (κ2) is 3.06. The van der Waals surface area contributed by atoms with Crippen LogP contribution in [0.25, 0.3) is 0 Å². The molecule has 0 amide bonds. The van der Waals surface area contributed by atoms with E-state index in [4.69, 9.17) is 5.73 Å². The van der Waals surface area contributed by atoms with E-state index in [0.29, 0.717) is 5.92 Å². The van der Waals surface area contributed by atoms with Gasteiger partial charge in [0.15, 0.2) is 0 Å². The van der Waals surface area contributed by atoms with Gasteiger partial charge in [-0.05, 0) is 30.0 Å². The van der Waals surface area contributed by atoms with Crippen molar-refractivity contribution in [2.24, 2.45) is 11.7 Å². The van der Waals surface area contributed by atoms with Gasteiger partial charge in [0.2, 0.25) is 0 Å². The van der Waals surface area contributed by atoms with Crippen LogP contribution in [-0.2, 0) is 5.41 Å².